The summed E-state index contributed by atoms with van der Waals surface area (Å²) in [5.41, 5.74) is 3.68. The Morgan fingerprint density at radius 1 is 1.59 bits per heavy atom. The van der Waals surface area contributed by atoms with Gasteiger partial charge in [-0.3, -0.25) is 9.59 Å². The van der Waals surface area contributed by atoms with Gasteiger partial charge in [0, 0.05) is 13.1 Å². The Kier molecular flexibility index (Phi) is 3.46. The molecule has 0 aliphatic carbocycles. The second-order valence-corrected chi connectivity index (χ2v) is 5.20. The molecule has 0 bridgehead atoms. The average Bonchev–Trinajstić information content (AvgIpc) is 2.71. The molecule has 0 aromatic rings. The van der Waals surface area contributed by atoms with Crippen LogP contribution in [0.3, 0.4) is 0 Å². The van der Waals surface area contributed by atoms with Crippen molar-refractivity contribution in [2.24, 2.45) is 16.6 Å². The maximum atomic E-state index is 12.2. The number of hydrogen-bond donors (Lipinski definition) is 1. The Hall–Kier alpha value is -1.57. The molecular formula is C12H19N3O2. The normalized spacial score (nSPS) is 27.3. The third kappa shape index (κ3) is 2.26. The minimum Gasteiger partial charge on any atom is -0.369 e. The van der Waals surface area contributed by atoms with E-state index in [9.17, 15) is 9.59 Å². The summed E-state index contributed by atoms with van der Waals surface area (Å²) in [6.45, 7) is 6.02. The maximum absolute atomic E-state index is 12.2. The number of nitriles is 1. The van der Waals surface area contributed by atoms with Gasteiger partial charge in [0.25, 0.3) is 0 Å². The molecule has 1 saturated heterocycles. The number of nitrogens with two attached hydrogens (primary N) is 1. The lowest BCUT2D eigenvalue weighted by atomic mass is 9.87. The fourth-order valence-corrected chi connectivity index (χ4v) is 1.96. The first-order valence-electron chi connectivity index (χ1n) is 5.79. The van der Waals surface area contributed by atoms with Gasteiger partial charge < -0.3 is 10.6 Å². The van der Waals surface area contributed by atoms with Gasteiger partial charge >= 0.3 is 0 Å². The molecule has 0 aromatic carbocycles. The molecule has 2 amide bonds. The van der Waals surface area contributed by atoms with Gasteiger partial charge in [0.15, 0.2) is 0 Å². The highest BCUT2D eigenvalue weighted by molar-refractivity contribution is 5.87. The van der Waals surface area contributed by atoms with Gasteiger partial charge in [0.05, 0.1) is 11.5 Å². The lowest BCUT2D eigenvalue weighted by Gasteiger charge is -2.27. The van der Waals surface area contributed by atoms with Gasteiger partial charge in [-0.05, 0) is 26.7 Å². The van der Waals surface area contributed by atoms with Gasteiger partial charge in [-0.1, -0.05) is 6.92 Å². The summed E-state index contributed by atoms with van der Waals surface area (Å²) in [6, 6.07) is 2.05. The topological polar surface area (TPSA) is 87.2 Å². The van der Waals surface area contributed by atoms with Crippen LogP contribution in [-0.2, 0) is 9.59 Å². The van der Waals surface area contributed by atoms with E-state index in [0.717, 1.165) is 0 Å². The van der Waals surface area contributed by atoms with Crippen molar-refractivity contribution < 1.29 is 9.59 Å². The van der Waals surface area contributed by atoms with Crippen molar-refractivity contribution in [2.45, 2.75) is 33.6 Å². The zero-order valence-corrected chi connectivity index (χ0v) is 10.6. The third-order valence-electron chi connectivity index (χ3n) is 3.78. The molecule has 0 aromatic heterocycles. The molecule has 5 nitrogen and oxygen atoms in total. The number of primary amides is 1. The Bertz CT molecular complexity index is 388. The molecule has 2 unspecified atom stereocenters. The maximum Gasteiger partial charge on any atom is 0.242 e. The van der Waals surface area contributed by atoms with E-state index in [1.165, 1.54) is 0 Å². The van der Waals surface area contributed by atoms with Crippen LogP contribution in [0.25, 0.3) is 0 Å². The van der Waals surface area contributed by atoms with Crippen LogP contribution in [0.5, 0.6) is 0 Å². The molecule has 5 heteroatoms. The van der Waals surface area contributed by atoms with Crippen molar-refractivity contribution in [3.05, 3.63) is 0 Å². The van der Waals surface area contributed by atoms with Gasteiger partial charge in [0.2, 0.25) is 11.8 Å². The van der Waals surface area contributed by atoms with Gasteiger partial charge in [-0.2, -0.15) is 5.26 Å². The summed E-state index contributed by atoms with van der Waals surface area (Å²) in [6.07, 6.45) is 1.03. The first kappa shape index (κ1) is 13.5. The summed E-state index contributed by atoms with van der Waals surface area (Å²) in [5, 5.41) is 9.07. The van der Waals surface area contributed by atoms with Crippen molar-refractivity contribution in [2.75, 3.05) is 13.1 Å². The quantitative estimate of drug-likeness (QED) is 0.781. The van der Waals surface area contributed by atoms with Crippen molar-refractivity contribution in [1.29, 1.82) is 5.26 Å². The fraction of sp³-hybridized carbons (Fsp3) is 0.750. The van der Waals surface area contributed by atoms with Crippen LogP contribution in [0.1, 0.15) is 33.6 Å². The Morgan fingerprint density at radius 3 is 2.53 bits per heavy atom. The lowest BCUT2D eigenvalue weighted by molar-refractivity contribution is -0.138. The molecule has 0 saturated carbocycles. The highest BCUT2D eigenvalue weighted by atomic mass is 16.2. The SMILES string of the molecule is CCC(C)(C#N)C(=O)N1CCC(C)(C(N)=O)C1. The largest absolute Gasteiger partial charge is 0.369 e. The van der Waals surface area contributed by atoms with Crippen molar-refractivity contribution in [1.82, 2.24) is 4.90 Å². The zero-order chi connectivity index (χ0) is 13.3. The first-order valence-corrected chi connectivity index (χ1v) is 5.79. The predicted molar refractivity (Wildman–Crippen MR) is 62.5 cm³/mol. The number of likely N-dealkylation sites (tertiary alicyclic amines) is 1. The number of carbonyl (C=O) groups is 2. The van der Waals surface area contributed by atoms with Crippen LogP contribution in [0.4, 0.5) is 0 Å². The van der Waals surface area contributed by atoms with E-state index >= 15 is 0 Å². The summed E-state index contributed by atoms with van der Waals surface area (Å²) >= 11 is 0. The Labute approximate surface area is 102 Å². The standard InChI is InChI=1S/C12H19N3O2/c1-4-11(2,7-13)10(17)15-6-5-12(3,8-15)9(14)16/h4-6,8H2,1-3H3,(H2,14,16). The van der Waals surface area contributed by atoms with E-state index < -0.39 is 10.8 Å². The van der Waals surface area contributed by atoms with Gasteiger partial charge in [-0.25, -0.2) is 0 Å². The molecule has 1 heterocycles. The minimum atomic E-state index is -0.997. The van der Waals surface area contributed by atoms with Crippen LogP contribution >= 0.6 is 0 Å². The Morgan fingerprint density at radius 2 is 2.18 bits per heavy atom. The number of amides is 2. The van der Waals surface area contributed by atoms with Crippen LogP contribution < -0.4 is 5.73 Å². The van der Waals surface area contributed by atoms with Crippen LogP contribution in [0, 0.1) is 22.2 Å². The molecular weight excluding hydrogens is 218 g/mol. The molecule has 2 atom stereocenters. The highest BCUT2D eigenvalue weighted by Crippen LogP contribution is 2.33. The third-order valence-corrected chi connectivity index (χ3v) is 3.78. The molecule has 1 rings (SSSR count). The van der Waals surface area contributed by atoms with Crippen molar-refractivity contribution >= 4 is 11.8 Å². The van der Waals surface area contributed by atoms with E-state index in [1.807, 2.05) is 6.92 Å². The van der Waals surface area contributed by atoms with Gasteiger partial charge in [-0.15, -0.1) is 0 Å². The molecule has 1 aliphatic rings. The van der Waals surface area contributed by atoms with E-state index in [2.05, 4.69) is 6.07 Å². The molecule has 1 fully saturated rings. The highest BCUT2D eigenvalue weighted by Gasteiger charge is 2.44. The average molecular weight is 237 g/mol. The summed E-state index contributed by atoms with van der Waals surface area (Å²) in [4.78, 5) is 25.1. The van der Waals surface area contributed by atoms with E-state index in [4.69, 9.17) is 11.0 Å². The molecule has 1 aliphatic heterocycles. The van der Waals surface area contributed by atoms with E-state index in [1.54, 1.807) is 18.7 Å². The fourth-order valence-electron chi connectivity index (χ4n) is 1.96. The molecule has 2 N–H and O–H groups in total. The second kappa shape index (κ2) is 4.36. The van der Waals surface area contributed by atoms with Crippen LogP contribution in [-0.4, -0.2) is 29.8 Å². The van der Waals surface area contributed by atoms with Crippen LogP contribution in [0.2, 0.25) is 0 Å². The van der Waals surface area contributed by atoms with Crippen LogP contribution in [0.15, 0.2) is 0 Å². The summed E-state index contributed by atoms with van der Waals surface area (Å²) in [5.74, 6) is -0.588. The first-order chi connectivity index (χ1) is 7.79. The number of hydrogen-bond acceptors (Lipinski definition) is 3. The predicted octanol–water partition coefficient (Wildman–Crippen LogP) is 0.650. The van der Waals surface area contributed by atoms with Crippen molar-refractivity contribution in [3.63, 3.8) is 0 Å². The Balaban J connectivity index is 2.83. The van der Waals surface area contributed by atoms with E-state index in [-0.39, 0.29) is 11.8 Å². The monoisotopic (exact) mass is 237 g/mol. The smallest absolute Gasteiger partial charge is 0.242 e. The van der Waals surface area contributed by atoms with Crippen molar-refractivity contribution in [3.8, 4) is 6.07 Å². The zero-order valence-electron chi connectivity index (χ0n) is 10.6. The molecule has 17 heavy (non-hydrogen) atoms. The summed E-state index contributed by atoms with van der Waals surface area (Å²) < 4.78 is 0. The molecule has 0 radical (unpaired) electrons. The summed E-state index contributed by atoms with van der Waals surface area (Å²) in [7, 11) is 0. The lowest BCUT2D eigenvalue weighted by Crippen LogP contribution is -2.43. The van der Waals surface area contributed by atoms with Gasteiger partial charge in [0.1, 0.15) is 5.41 Å². The minimum absolute atomic E-state index is 0.201. The number of rotatable bonds is 3. The second-order valence-electron chi connectivity index (χ2n) is 5.20. The number of carbonyl (C=O) groups excluding carboxylic acids is 2. The molecule has 0 spiro atoms. The molecule has 94 valence electrons. The van der Waals surface area contributed by atoms with E-state index in [0.29, 0.717) is 25.9 Å². The number of nitrogens with zero attached hydrogens (tertiary/aromatic N) is 2.